The molecule has 0 aliphatic heterocycles. The van der Waals surface area contributed by atoms with Crippen molar-refractivity contribution in [3.63, 3.8) is 0 Å². The molecule has 1 nitrogen and oxygen atoms in total. The van der Waals surface area contributed by atoms with Crippen LogP contribution >= 0.6 is 46.4 Å². The lowest BCUT2D eigenvalue weighted by Gasteiger charge is -2.22. The van der Waals surface area contributed by atoms with Gasteiger partial charge in [-0.05, 0) is 43.2 Å². The van der Waals surface area contributed by atoms with Gasteiger partial charge >= 0.3 is 0 Å². The highest BCUT2D eigenvalue weighted by Crippen LogP contribution is 2.36. The SMILES string of the molecule is CC(N[C@@H](C)c1cccc(Cl)c1)c1ccc(Cl)c(Cl)c1Cl. The Bertz CT molecular complexity index is 642. The third-order valence-corrected chi connectivity index (χ3v) is 4.92. The Labute approximate surface area is 145 Å². The Hall–Kier alpha value is -0.440. The fraction of sp³-hybridized carbons (Fsp3) is 0.250. The van der Waals surface area contributed by atoms with Crippen LogP contribution in [0.2, 0.25) is 20.1 Å². The van der Waals surface area contributed by atoms with Crippen LogP contribution in [0.4, 0.5) is 0 Å². The number of halogens is 4. The first-order chi connectivity index (χ1) is 9.90. The number of hydrogen-bond acceptors (Lipinski definition) is 1. The molecule has 0 aliphatic rings. The second-order valence-electron chi connectivity index (χ2n) is 4.93. The van der Waals surface area contributed by atoms with E-state index in [1.165, 1.54) is 0 Å². The van der Waals surface area contributed by atoms with Gasteiger partial charge in [-0.1, -0.05) is 64.6 Å². The van der Waals surface area contributed by atoms with Crippen molar-refractivity contribution in [3.05, 3.63) is 67.6 Å². The number of nitrogens with one attached hydrogen (secondary N) is 1. The first kappa shape index (κ1) is 16.9. The molecule has 0 heterocycles. The second kappa shape index (κ2) is 7.21. The zero-order chi connectivity index (χ0) is 15.6. The molecule has 2 aromatic rings. The van der Waals surface area contributed by atoms with E-state index in [1.807, 2.05) is 37.3 Å². The van der Waals surface area contributed by atoms with E-state index < -0.39 is 0 Å². The van der Waals surface area contributed by atoms with E-state index in [-0.39, 0.29) is 12.1 Å². The van der Waals surface area contributed by atoms with E-state index in [2.05, 4.69) is 12.2 Å². The maximum Gasteiger partial charge on any atom is 0.0781 e. The summed E-state index contributed by atoms with van der Waals surface area (Å²) in [6.07, 6.45) is 0. The fourth-order valence-corrected chi connectivity index (χ4v) is 3.12. The van der Waals surface area contributed by atoms with Crippen LogP contribution in [0.3, 0.4) is 0 Å². The topological polar surface area (TPSA) is 12.0 Å². The first-order valence-electron chi connectivity index (χ1n) is 6.55. The molecule has 0 fully saturated rings. The molecule has 0 amide bonds. The van der Waals surface area contributed by atoms with Crippen LogP contribution in [0.5, 0.6) is 0 Å². The van der Waals surface area contributed by atoms with Crippen molar-refractivity contribution in [2.24, 2.45) is 0 Å². The highest BCUT2D eigenvalue weighted by Gasteiger charge is 2.16. The highest BCUT2D eigenvalue weighted by molar-refractivity contribution is 6.48. The molecule has 2 atom stereocenters. The summed E-state index contributed by atoms with van der Waals surface area (Å²) < 4.78 is 0. The van der Waals surface area contributed by atoms with E-state index in [0.29, 0.717) is 15.1 Å². The molecule has 0 aliphatic carbocycles. The Morgan fingerprint density at radius 3 is 2.24 bits per heavy atom. The standard InChI is InChI=1S/C16H15Cl4N/c1-9(11-4-3-5-12(17)8-11)21-10(2)13-6-7-14(18)16(20)15(13)19/h3-10,21H,1-2H3/t9-,10?/m0/s1. The largest absolute Gasteiger partial charge is 0.304 e. The molecule has 112 valence electrons. The molecule has 0 radical (unpaired) electrons. The predicted molar refractivity (Wildman–Crippen MR) is 92.9 cm³/mol. The van der Waals surface area contributed by atoms with E-state index in [1.54, 1.807) is 6.07 Å². The van der Waals surface area contributed by atoms with E-state index in [9.17, 15) is 0 Å². The van der Waals surface area contributed by atoms with E-state index in [4.69, 9.17) is 46.4 Å². The minimum Gasteiger partial charge on any atom is -0.304 e. The van der Waals surface area contributed by atoms with Crippen LogP contribution < -0.4 is 5.32 Å². The average molecular weight is 363 g/mol. The van der Waals surface area contributed by atoms with Gasteiger partial charge in [-0.15, -0.1) is 0 Å². The molecule has 21 heavy (non-hydrogen) atoms. The van der Waals surface area contributed by atoms with E-state index >= 15 is 0 Å². The molecule has 0 saturated carbocycles. The average Bonchev–Trinajstić information content (AvgIpc) is 2.44. The summed E-state index contributed by atoms with van der Waals surface area (Å²) in [5.41, 5.74) is 2.03. The summed E-state index contributed by atoms with van der Waals surface area (Å²) >= 11 is 24.3. The summed E-state index contributed by atoms with van der Waals surface area (Å²) in [7, 11) is 0. The number of rotatable bonds is 4. The summed E-state index contributed by atoms with van der Waals surface area (Å²) in [5, 5.41) is 5.54. The Morgan fingerprint density at radius 1 is 0.857 bits per heavy atom. The van der Waals surface area contributed by atoms with Gasteiger partial charge in [0.2, 0.25) is 0 Å². The van der Waals surface area contributed by atoms with Crippen molar-refractivity contribution in [2.75, 3.05) is 0 Å². The van der Waals surface area contributed by atoms with Crippen LogP contribution in [0, 0.1) is 0 Å². The van der Waals surface area contributed by atoms with Gasteiger partial charge in [-0.25, -0.2) is 0 Å². The summed E-state index contributed by atoms with van der Waals surface area (Å²) in [4.78, 5) is 0. The lowest BCUT2D eigenvalue weighted by Crippen LogP contribution is -2.22. The summed E-state index contributed by atoms with van der Waals surface area (Å²) in [6, 6.07) is 11.6. The van der Waals surface area contributed by atoms with Crippen molar-refractivity contribution in [3.8, 4) is 0 Å². The van der Waals surface area contributed by atoms with Gasteiger partial charge in [0.05, 0.1) is 15.1 Å². The van der Waals surface area contributed by atoms with Gasteiger partial charge in [0, 0.05) is 17.1 Å². The van der Waals surface area contributed by atoms with Crippen molar-refractivity contribution in [2.45, 2.75) is 25.9 Å². The van der Waals surface area contributed by atoms with Gasteiger partial charge < -0.3 is 5.32 Å². The first-order valence-corrected chi connectivity index (χ1v) is 8.06. The third kappa shape index (κ3) is 4.06. The smallest absolute Gasteiger partial charge is 0.0781 e. The molecule has 1 unspecified atom stereocenters. The van der Waals surface area contributed by atoms with Gasteiger partial charge in [0.1, 0.15) is 0 Å². The second-order valence-corrected chi connectivity index (χ2v) is 6.53. The third-order valence-electron chi connectivity index (χ3n) is 3.38. The van der Waals surface area contributed by atoms with Crippen molar-refractivity contribution in [1.29, 1.82) is 0 Å². The highest BCUT2D eigenvalue weighted by atomic mass is 35.5. The minimum absolute atomic E-state index is 0.0289. The quantitative estimate of drug-likeness (QED) is 0.595. The van der Waals surface area contributed by atoms with Crippen LogP contribution in [-0.4, -0.2) is 0 Å². The molecule has 2 aromatic carbocycles. The van der Waals surface area contributed by atoms with Crippen LogP contribution in [0.15, 0.2) is 36.4 Å². The molecule has 5 heteroatoms. The molecule has 0 aromatic heterocycles. The Kier molecular flexibility index (Phi) is 5.81. The van der Waals surface area contributed by atoms with Crippen LogP contribution in [-0.2, 0) is 0 Å². The van der Waals surface area contributed by atoms with Crippen molar-refractivity contribution < 1.29 is 0 Å². The monoisotopic (exact) mass is 361 g/mol. The molecule has 2 rings (SSSR count). The van der Waals surface area contributed by atoms with Crippen LogP contribution in [0.1, 0.15) is 37.1 Å². The van der Waals surface area contributed by atoms with Crippen LogP contribution in [0.25, 0.3) is 0 Å². The molecule has 0 bridgehead atoms. The normalized spacial score (nSPS) is 14.0. The van der Waals surface area contributed by atoms with Gasteiger partial charge in [0.15, 0.2) is 0 Å². The molecule has 0 spiro atoms. The zero-order valence-corrected chi connectivity index (χ0v) is 14.7. The summed E-state index contributed by atoms with van der Waals surface area (Å²) in [6.45, 7) is 4.11. The predicted octanol–water partition coefficient (Wildman–Crippen LogP) is 6.71. The Morgan fingerprint density at radius 2 is 1.57 bits per heavy atom. The van der Waals surface area contributed by atoms with Gasteiger partial charge in [-0.3, -0.25) is 0 Å². The minimum atomic E-state index is 0.0289. The maximum atomic E-state index is 6.27. The zero-order valence-electron chi connectivity index (χ0n) is 11.6. The van der Waals surface area contributed by atoms with Gasteiger partial charge in [0.25, 0.3) is 0 Å². The van der Waals surface area contributed by atoms with E-state index in [0.717, 1.165) is 16.1 Å². The van der Waals surface area contributed by atoms with Gasteiger partial charge in [-0.2, -0.15) is 0 Å². The molecular formula is C16H15Cl4N. The Balaban J connectivity index is 2.18. The molecule has 0 saturated heterocycles. The lowest BCUT2D eigenvalue weighted by molar-refractivity contribution is 0.495. The number of hydrogen-bond donors (Lipinski definition) is 1. The number of benzene rings is 2. The molecular weight excluding hydrogens is 348 g/mol. The van der Waals surface area contributed by atoms with Crippen molar-refractivity contribution in [1.82, 2.24) is 5.32 Å². The maximum absolute atomic E-state index is 6.27. The lowest BCUT2D eigenvalue weighted by atomic mass is 10.0. The fourth-order valence-electron chi connectivity index (χ4n) is 2.21. The summed E-state index contributed by atoms with van der Waals surface area (Å²) in [5.74, 6) is 0. The molecule has 1 N–H and O–H groups in total. The van der Waals surface area contributed by atoms with Crippen molar-refractivity contribution >= 4 is 46.4 Å².